The Hall–Kier alpha value is -5.69. The first kappa shape index (κ1) is 52.1. The predicted molar refractivity (Wildman–Crippen MR) is 247 cm³/mol. The van der Waals surface area contributed by atoms with Crippen molar-refractivity contribution in [1.29, 1.82) is 0 Å². The highest BCUT2D eigenvalue weighted by molar-refractivity contribution is 6.73. The van der Waals surface area contributed by atoms with Gasteiger partial charge in [-0.1, -0.05) is 83.1 Å². The molecule has 7 rings (SSSR count). The van der Waals surface area contributed by atoms with Crippen LogP contribution in [0.1, 0.15) is 101 Å². The fourth-order valence-electron chi connectivity index (χ4n) is 11.3. The molecule has 1 aliphatic heterocycles. The van der Waals surface area contributed by atoms with Gasteiger partial charge in [-0.2, -0.15) is 13.2 Å². The van der Waals surface area contributed by atoms with E-state index in [0.29, 0.717) is 24.2 Å². The van der Waals surface area contributed by atoms with Crippen LogP contribution in [-0.4, -0.2) is 97.4 Å². The lowest BCUT2D eigenvalue weighted by atomic mass is 9.44. The molecule has 1 saturated heterocycles. The molecular formula is C52H59F3O14Si. The molecule has 70 heavy (non-hydrogen) atoms. The van der Waals surface area contributed by atoms with Gasteiger partial charge < -0.3 is 38.0 Å². The normalized spacial score (nSPS) is 29.2. The number of fused-ring (bicyclic) bond motifs is 5. The Morgan fingerprint density at radius 2 is 1.46 bits per heavy atom. The predicted octanol–water partition coefficient (Wildman–Crippen LogP) is 9.18. The molecule has 14 nitrogen and oxygen atoms in total. The van der Waals surface area contributed by atoms with E-state index in [2.05, 4.69) is 0 Å². The summed E-state index contributed by atoms with van der Waals surface area (Å²) in [6.07, 6.45) is -15.1. The Bertz CT molecular complexity index is 2540. The molecule has 3 aromatic carbocycles. The zero-order chi connectivity index (χ0) is 51.2. The van der Waals surface area contributed by atoms with Crippen molar-refractivity contribution in [3.63, 3.8) is 0 Å². The summed E-state index contributed by atoms with van der Waals surface area (Å²) < 4.78 is 85.1. The van der Waals surface area contributed by atoms with Crippen molar-refractivity contribution in [2.24, 2.45) is 16.7 Å². The summed E-state index contributed by atoms with van der Waals surface area (Å²) in [6.45, 7) is 13.0. The van der Waals surface area contributed by atoms with Gasteiger partial charge in [0.05, 0.1) is 35.2 Å². The summed E-state index contributed by atoms with van der Waals surface area (Å²) in [7, 11) is -2.72. The molecule has 0 unspecified atom stereocenters. The molecule has 9 atom stereocenters. The van der Waals surface area contributed by atoms with Crippen molar-refractivity contribution in [3.8, 4) is 5.75 Å². The third-order valence-corrected chi connectivity index (χ3v) is 20.1. The minimum absolute atomic E-state index is 0.00129. The molecule has 0 spiro atoms. The molecular weight excluding hydrogens is 934 g/mol. The van der Waals surface area contributed by atoms with Gasteiger partial charge in [-0.05, 0) is 79.5 Å². The number of carbonyl (C=O) groups is 6. The van der Waals surface area contributed by atoms with Crippen molar-refractivity contribution in [2.75, 3.05) is 6.61 Å². The maximum Gasteiger partial charge on any atom is 0.514 e. The molecule has 0 radical (unpaired) electrons. The van der Waals surface area contributed by atoms with Crippen molar-refractivity contribution in [1.82, 2.24) is 0 Å². The number of rotatable bonds is 14. The number of ether oxygens (including phenoxy) is 6. The lowest BCUT2D eigenvalue weighted by Crippen LogP contribution is -2.82. The van der Waals surface area contributed by atoms with E-state index in [-0.39, 0.29) is 35.5 Å². The Kier molecular flexibility index (Phi) is 14.5. The van der Waals surface area contributed by atoms with Gasteiger partial charge >= 0.3 is 30.2 Å². The smallest absolute Gasteiger partial charge is 0.457 e. The molecule has 4 aliphatic rings. The fraction of sp³-hybridized carbons (Fsp3) is 0.500. The summed E-state index contributed by atoms with van der Waals surface area (Å²) in [4.78, 5) is 86.0. The van der Waals surface area contributed by atoms with Crippen LogP contribution in [-0.2, 0) is 48.7 Å². The summed E-state index contributed by atoms with van der Waals surface area (Å²) in [5.74, 6) is -6.19. The second-order valence-electron chi connectivity index (χ2n) is 19.4. The Balaban J connectivity index is 1.46. The second kappa shape index (κ2) is 19.5. The lowest BCUT2D eigenvalue weighted by Gasteiger charge is -2.68. The van der Waals surface area contributed by atoms with Crippen molar-refractivity contribution in [2.45, 2.75) is 141 Å². The van der Waals surface area contributed by atoms with Crippen LogP contribution in [0.4, 0.5) is 18.0 Å². The molecule has 3 fully saturated rings. The van der Waals surface area contributed by atoms with Crippen molar-refractivity contribution in [3.05, 3.63) is 113 Å². The maximum absolute atomic E-state index is 16.5. The molecule has 2 saturated carbocycles. The first-order chi connectivity index (χ1) is 32.9. The van der Waals surface area contributed by atoms with Gasteiger partial charge in [0.2, 0.25) is 0 Å². The van der Waals surface area contributed by atoms with Crippen LogP contribution < -0.4 is 4.74 Å². The molecule has 2 bridgehead atoms. The number of halogens is 3. The Labute approximate surface area is 405 Å². The SMILES string of the molecule is CC[Si](CC)(CC)O[C@H]1C[C@H]2OC[C@@]2(OC(C)=O)[C@H]2[C@H](OC(=O)c3ccccc3)[C@]3(O)C[C@H](OC(=O)CC(=O)c4cccc(C(F)(F)F)c4)C(C)=C([C@@H](OC(=O)Oc4ccccc4)C(=O)[C@]12C)C3(C)C. The third-order valence-electron chi connectivity index (χ3n) is 15.4. The summed E-state index contributed by atoms with van der Waals surface area (Å²) >= 11 is 0. The van der Waals surface area contributed by atoms with Crippen LogP contribution in [0.5, 0.6) is 5.75 Å². The zero-order valence-electron chi connectivity index (χ0n) is 40.4. The number of para-hydroxylation sites is 1. The topological polar surface area (TPSA) is 187 Å². The summed E-state index contributed by atoms with van der Waals surface area (Å²) in [5.41, 5.74) is -9.38. The molecule has 18 heteroatoms. The van der Waals surface area contributed by atoms with Crippen LogP contribution in [0, 0.1) is 16.7 Å². The number of aliphatic hydroxyl groups is 1. The van der Waals surface area contributed by atoms with E-state index in [1.54, 1.807) is 57.2 Å². The minimum atomic E-state index is -4.78. The number of carbonyl (C=O) groups excluding carboxylic acids is 6. The number of ketones is 2. The quantitative estimate of drug-likeness (QED) is 0.0306. The van der Waals surface area contributed by atoms with Crippen LogP contribution in [0.15, 0.2) is 96.1 Å². The number of Topliss-reactive ketones (excluding diaryl/α,β-unsaturated/α-hetero) is 2. The van der Waals surface area contributed by atoms with Crippen molar-refractivity contribution >= 4 is 43.9 Å². The molecule has 0 aromatic heterocycles. The highest BCUT2D eigenvalue weighted by atomic mass is 28.4. The van der Waals surface area contributed by atoms with Crippen LogP contribution in [0.3, 0.4) is 0 Å². The van der Waals surface area contributed by atoms with Gasteiger partial charge in [-0.25, -0.2) is 9.59 Å². The van der Waals surface area contributed by atoms with Crippen LogP contribution in [0.2, 0.25) is 18.1 Å². The first-order valence-corrected chi connectivity index (χ1v) is 26.0. The Morgan fingerprint density at radius 1 is 0.843 bits per heavy atom. The molecule has 3 aromatic rings. The number of alkyl halides is 3. The van der Waals surface area contributed by atoms with Gasteiger partial charge in [0.15, 0.2) is 31.6 Å². The van der Waals surface area contributed by atoms with E-state index < -0.39 is 133 Å². The average molecular weight is 993 g/mol. The largest absolute Gasteiger partial charge is 0.514 e. The molecule has 3 aliphatic carbocycles. The van der Waals surface area contributed by atoms with E-state index in [1.165, 1.54) is 38.1 Å². The van der Waals surface area contributed by atoms with Gasteiger partial charge in [-0.15, -0.1) is 0 Å². The van der Waals surface area contributed by atoms with E-state index in [9.17, 15) is 42.3 Å². The van der Waals surface area contributed by atoms with E-state index in [0.717, 1.165) is 18.2 Å². The monoisotopic (exact) mass is 992 g/mol. The highest BCUT2D eigenvalue weighted by Crippen LogP contribution is 2.65. The highest BCUT2D eigenvalue weighted by Gasteiger charge is 2.79. The number of esters is 3. The minimum Gasteiger partial charge on any atom is -0.457 e. The fourth-order valence-corrected chi connectivity index (χ4v) is 14.3. The third kappa shape index (κ3) is 9.23. The number of hydrogen-bond acceptors (Lipinski definition) is 14. The standard InChI is InChI=1S/C52H59F3O14Si/c1-9-70(10-2,11-3)69-38-27-39-50(29-63-39,68-31(5)56)43-45(67-46(60)32-19-14-12-15-20-32)51(62)28-37(65-40(58)26-36(57)33-21-18-22-34(25-33)52(53,54)55)30(4)41(48(51,6)7)42(44(59)49(38,43)8)66-47(61)64-35-23-16-13-17-24-35/h12-25,37-39,42-43,45,62H,9-11,26-29H2,1-8H3/t37-,38-,39+,42+,43-,45-,49+,50-,51+/m0/s1. The molecule has 1 N–H and O–H groups in total. The number of hydrogen-bond donors (Lipinski definition) is 1. The van der Waals surface area contributed by atoms with E-state index >= 15 is 4.79 Å². The second-order valence-corrected chi connectivity index (χ2v) is 24.1. The van der Waals surface area contributed by atoms with Crippen LogP contribution >= 0.6 is 0 Å². The van der Waals surface area contributed by atoms with Gasteiger partial charge in [0.25, 0.3) is 0 Å². The summed E-state index contributed by atoms with van der Waals surface area (Å²) in [5, 5.41) is 14.0. The van der Waals surface area contributed by atoms with Gasteiger partial charge in [0, 0.05) is 30.7 Å². The zero-order valence-corrected chi connectivity index (χ0v) is 41.4. The van der Waals surface area contributed by atoms with E-state index in [4.69, 9.17) is 32.8 Å². The molecule has 0 amide bonds. The Morgan fingerprint density at radius 3 is 2.03 bits per heavy atom. The van der Waals surface area contributed by atoms with Gasteiger partial charge in [-0.3, -0.25) is 19.2 Å². The van der Waals surface area contributed by atoms with Crippen molar-refractivity contribution < 1.29 is 79.9 Å². The maximum atomic E-state index is 16.5. The van der Waals surface area contributed by atoms with Gasteiger partial charge in [0.1, 0.15) is 36.1 Å². The number of benzene rings is 3. The summed E-state index contributed by atoms with van der Waals surface area (Å²) in [6, 6.07) is 21.2. The molecule has 376 valence electrons. The first-order valence-electron chi connectivity index (χ1n) is 23.5. The lowest BCUT2D eigenvalue weighted by molar-refractivity contribution is -0.344. The van der Waals surface area contributed by atoms with Crippen LogP contribution in [0.25, 0.3) is 0 Å². The average Bonchev–Trinajstić information content (AvgIpc) is 3.31. The van der Waals surface area contributed by atoms with E-state index in [1.807, 2.05) is 20.8 Å². The molecule has 1 heterocycles.